The maximum Gasteiger partial charge on any atom is 0.134 e. The lowest BCUT2D eigenvalue weighted by atomic mass is 10.1. The van der Waals surface area contributed by atoms with E-state index in [0.717, 1.165) is 23.2 Å². The number of furan rings is 1. The van der Waals surface area contributed by atoms with Crippen LogP contribution in [-0.4, -0.2) is 33.5 Å². The second kappa shape index (κ2) is 8.69. The van der Waals surface area contributed by atoms with Crippen molar-refractivity contribution in [3.05, 3.63) is 22.6 Å². The van der Waals surface area contributed by atoms with E-state index in [-0.39, 0.29) is 6.04 Å². The molecule has 0 aromatic carbocycles. The molecule has 0 fully saturated rings. The Labute approximate surface area is 111 Å². The van der Waals surface area contributed by atoms with Crippen LogP contribution in [0.1, 0.15) is 25.1 Å². The minimum absolute atomic E-state index is 0.187. The Bertz CT molecular complexity index is 304. The summed E-state index contributed by atoms with van der Waals surface area (Å²) in [5.41, 5.74) is 0. The Morgan fingerprint density at radius 2 is 2.24 bits per heavy atom. The zero-order valence-electron chi connectivity index (χ0n) is 10.4. The highest BCUT2D eigenvalue weighted by Gasteiger charge is 2.16. The van der Waals surface area contributed by atoms with Crippen molar-refractivity contribution in [2.75, 3.05) is 33.5 Å². The second-order valence-corrected chi connectivity index (χ2v) is 4.49. The maximum atomic E-state index is 5.47. The van der Waals surface area contributed by atoms with Gasteiger partial charge in [0.05, 0.1) is 30.0 Å². The molecule has 1 N–H and O–H groups in total. The van der Waals surface area contributed by atoms with Crippen molar-refractivity contribution < 1.29 is 13.9 Å². The fourth-order valence-electron chi connectivity index (χ4n) is 1.57. The molecule has 0 saturated carbocycles. The van der Waals surface area contributed by atoms with Crippen LogP contribution >= 0.6 is 15.9 Å². The van der Waals surface area contributed by atoms with E-state index < -0.39 is 0 Å². The predicted molar refractivity (Wildman–Crippen MR) is 70.1 cm³/mol. The number of ether oxygens (including phenoxy) is 2. The lowest BCUT2D eigenvalue weighted by molar-refractivity contribution is 0.0648. The Hall–Kier alpha value is -0.360. The molecular weight excluding hydrogens is 286 g/mol. The summed E-state index contributed by atoms with van der Waals surface area (Å²) >= 11 is 3.48. The highest BCUT2D eigenvalue weighted by Crippen LogP contribution is 2.26. The van der Waals surface area contributed by atoms with Crippen molar-refractivity contribution in [3.63, 3.8) is 0 Å². The van der Waals surface area contributed by atoms with E-state index in [9.17, 15) is 0 Å². The molecule has 98 valence electrons. The molecule has 0 saturated heterocycles. The standard InChI is InChI=1S/C12H20BrNO3/c1-3-14-11(5-6-16-9-8-15-2)12-10(13)4-7-17-12/h4,7,11,14H,3,5-6,8-9H2,1-2H3. The first-order valence-electron chi connectivity index (χ1n) is 5.82. The van der Waals surface area contributed by atoms with E-state index in [2.05, 4.69) is 28.2 Å². The minimum Gasteiger partial charge on any atom is -0.466 e. The molecular formula is C12H20BrNO3. The summed E-state index contributed by atoms with van der Waals surface area (Å²) in [6.45, 7) is 4.94. The Kier molecular flexibility index (Phi) is 7.51. The van der Waals surface area contributed by atoms with Crippen LogP contribution in [0.15, 0.2) is 21.2 Å². The molecule has 1 atom stereocenters. The molecule has 0 aliphatic heterocycles. The molecule has 17 heavy (non-hydrogen) atoms. The monoisotopic (exact) mass is 305 g/mol. The summed E-state index contributed by atoms with van der Waals surface area (Å²) in [7, 11) is 1.67. The molecule has 0 bridgehead atoms. The summed E-state index contributed by atoms with van der Waals surface area (Å²) < 4.78 is 16.9. The van der Waals surface area contributed by atoms with Gasteiger partial charge < -0.3 is 19.2 Å². The average Bonchev–Trinajstić information content (AvgIpc) is 2.74. The molecule has 0 amide bonds. The van der Waals surface area contributed by atoms with Gasteiger partial charge in [0.2, 0.25) is 0 Å². The maximum absolute atomic E-state index is 5.47. The third kappa shape index (κ3) is 5.21. The molecule has 1 aromatic heterocycles. The smallest absolute Gasteiger partial charge is 0.134 e. The van der Waals surface area contributed by atoms with Crippen molar-refractivity contribution in [1.29, 1.82) is 0 Å². The van der Waals surface area contributed by atoms with Gasteiger partial charge in [-0.25, -0.2) is 0 Å². The van der Waals surface area contributed by atoms with Gasteiger partial charge in [-0.3, -0.25) is 0 Å². The van der Waals surface area contributed by atoms with Crippen LogP contribution in [0.5, 0.6) is 0 Å². The summed E-state index contributed by atoms with van der Waals surface area (Å²) in [5, 5.41) is 3.38. The number of nitrogens with one attached hydrogen (secondary N) is 1. The van der Waals surface area contributed by atoms with Crippen LogP contribution in [0.2, 0.25) is 0 Å². The molecule has 4 nitrogen and oxygen atoms in total. The van der Waals surface area contributed by atoms with Gasteiger partial charge in [0.1, 0.15) is 5.76 Å². The fourth-order valence-corrected chi connectivity index (χ4v) is 2.05. The number of halogens is 1. The van der Waals surface area contributed by atoms with Crippen molar-refractivity contribution in [3.8, 4) is 0 Å². The highest BCUT2D eigenvalue weighted by molar-refractivity contribution is 9.10. The third-order valence-electron chi connectivity index (χ3n) is 2.39. The van der Waals surface area contributed by atoms with Crippen LogP contribution in [0, 0.1) is 0 Å². The summed E-state index contributed by atoms with van der Waals surface area (Å²) in [4.78, 5) is 0. The van der Waals surface area contributed by atoms with E-state index in [1.807, 2.05) is 6.07 Å². The lowest BCUT2D eigenvalue weighted by Crippen LogP contribution is -2.22. The molecule has 0 spiro atoms. The number of hydrogen-bond acceptors (Lipinski definition) is 4. The van der Waals surface area contributed by atoms with Gasteiger partial charge in [-0.15, -0.1) is 0 Å². The molecule has 1 rings (SSSR count). The second-order valence-electron chi connectivity index (χ2n) is 3.64. The topological polar surface area (TPSA) is 43.6 Å². The van der Waals surface area contributed by atoms with Gasteiger partial charge in [-0.2, -0.15) is 0 Å². The summed E-state index contributed by atoms with van der Waals surface area (Å²) in [6, 6.07) is 2.10. The van der Waals surface area contributed by atoms with E-state index >= 15 is 0 Å². The number of hydrogen-bond donors (Lipinski definition) is 1. The van der Waals surface area contributed by atoms with Gasteiger partial charge in [0.25, 0.3) is 0 Å². The quantitative estimate of drug-likeness (QED) is 0.713. The van der Waals surface area contributed by atoms with Gasteiger partial charge in [0, 0.05) is 13.7 Å². The normalized spacial score (nSPS) is 12.9. The zero-order chi connectivity index (χ0) is 12.5. The lowest BCUT2D eigenvalue weighted by Gasteiger charge is -2.16. The summed E-state index contributed by atoms with van der Waals surface area (Å²) in [5.74, 6) is 0.933. The Morgan fingerprint density at radius 1 is 1.41 bits per heavy atom. The van der Waals surface area contributed by atoms with E-state index in [1.165, 1.54) is 0 Å². The van der Waals surface area contributed by atoms with Crippen LogP contribution in [0.3, 0.4) is 0 Å². The van der Waals surface area contributed by atoms with Gasteiger partial charge in [0.15, 0.2) is 0 Å². The first kappa shape index (κ1) is 14.7. The van der Waals surface area contributed by atoms with Crippen molar-refractivity contribution in [2.45, 2.75) is 19.4 Å². The minimum atomic E-state index is 0.187. The van der Waals surface area contributed by atoms with E-state index in [0.29, 0.717) is 19.8 Å². The fraction of sp³-hybridized carbons (Fsp3) is 0.667. The van der Waals surface area contributed by atoms with Crippen LogP contribution in [-0.2, 0) is 9.47 Å². The van der Waals surface area contributed by atoms with Gasteiger partial charge in [-0.05, 0) is 35.0 Å². The molecule has 0 aliphatic carbocycles. The summed E-state index contributed by atoms with van der Waals surface area (Å²) in [6.07, 6.45) is 2.57. The van der Waals surface area contributed by atoms with Crippen LogP contribution in [0.25, 0.3) is 0 Å². The van der Waals surface area contributed by atoms with Gasteiger partial charge >= 0.3 is 0 Å². The molecule has 1 heterocycles. The average molecular weight is 306 g/mol. The highest BCUT2D eigenvalue weighted by atomic mass is 79.9. The van der Waals surface area contributed by atoms with Crippen molar-refractivity contribution in [2.24, 2.45) is 0 Å². The van der Waals surface area contributed by atoms with Crippen molar-refractivity contribution in [1.82, 2.24) is 5.32 Å². The Morgan fingerprint density at radius 3 is 2.82 bits per heavy atom. The molecule has 0 radical (unpaired) electrons. The SMILES string of the molecule is CCNC(CCOCCOC)c1occc1Br. The first-order chi connectivity index (χ1) is 8.29. The van der Waals surface area contributed by atoms with Gasteiger partial charge in [-0.1, -0.05) is 6.92 Å². The zero-order valence-corrected chi connectivity index (χ0v) is 12.0. The molecule has 5 heteroatoms. The predicted octanol–water partition coefficient (Wildman–Crippen LogP) is 2.75. The largest absolute Gasteiger partial charge is 0.466 e. The van der Waals surface area contributed by atoms with Crippen LogP contribution < -0.4 is 5.32 Å². The first-order valence-corrected chi connectivity index (χ1v) is 6.61. The molecule has 1 aromatic rings. The number of rotatable bonds is 9. The molecule has 1 unspecified atom stereocenters. The van der Waals surface area contributed by atoms with E-state index in [4.69, 9.17) is 13.9 Å². The Balaban J connectivity index is 2.36. The molecule has 0 aliphatic rings. The third-order valence-corrected chi connectivity index (χ3v) is 3.05. The van der Waals surface area contributed by atoms with E-state index in [1.54, 1.807) is 13.4 Å². The number of methoxy groups -OCH3 is 1. The van der Waals surface area contributed by atoms with Crippen molar-refractivity contribution >= 4 is 15.9 Å². The van der Waals surface area contributed by atoms with Crippen LogP contribution in [0.4, 0.5) is 0 Å².